The van der Waals surface area contributed by atoms with Crippen molar-refractivity contribution in [3.63, 3.8) is 0 Å². The van der Waals surface area contributed by atoms with Gasteiger partial charge in [-0.05, 0) is 46.0 Å². The minimum atomic E-state index is -0.805. The van der Waals surface area contributed by atoms with Crippen molar-refractivity contribution < 1.29 is 14.3 Å². The van der Waals surface area contributed by atoms with Crippen LogP contribution < -0.4 is 5.32 Å². The first-order valence-electron chi connectivity index (χ1n) is 7.18. The highest BCUT2D eigenvalue weighted by atomic mass is 16.5. The van der Waals surface area contributed by atoms with Crippen LogP contribution >= 0.6 is 0 Å². The molecule has 1 saturated carbocycles. The van der Waals surface area contributed by atoms with E-state index in [2.05, 4.69) is 5.32 Å². The maximum absolute atomic E-state index is 12.6. The summed E-state index contributed by atoms with van der Waals surface area (Å²) < 4.78 is 5.82. The molecule has 3 unspecified atom stereocenters. The summed E-state index contributed by atoms with van der Waals surface area (Å²) in [4.78, 5) is 26.5. The number of ether oxygens (including phenoxy) is 1. The molecule has 3 fully saturated rings. The highest BCUT2D eigenvalue weighted by Gasteiger charge is 2.51. The maximum Gasteiger partial charge on any atom is 0.248 e. The molecule has 2 amide bonds. The molecule has 3 aliphatic rings. The molecule has 0 spiro atoms. The number of carbonyl (C=O) groups is 2. The lowest BCUT2D eigenvalue weighted by molar-refractivity contribution is -0.157. The van der Waals surface area contributed by atoms with Gasteiger partial charge in [0.05, 0.1) is 12.1 Å². The van der Waals surface area contributed by atoms with Gasteiger partial charge < -0.3 is 15.0 Å². The second kappa shape index (κ2) is 4.20. The van der Waals surface area contributed by atoms with E-state index in [-0.39, 0.29) is 24.0 Å². The fourth-order valence-corrected chi connectivity index (χ4v) is 3.30. The molecule has 3 atom stereocenters. The van der Waals surface area contributed by atoms with Crippen LogP contribution in [0.2, 0.25) is 0 Å². The zero-order valence-electron chi connectivity index (χ0n) is 11.8. The van der Waals surface area contributed by atoms with Gasteiger partial charge in [0, 0.05) is 6.61 Å². The van der Waals surface area contributed by atoms with Crippen molar-refractivity contribution in [1.29, 1.82) is 0 Å². The first kappa shape index (κ1) is 12.9. The molecule has 0 aromatic carbocycles. The van der Waals surface area contributed by atoms with Crippen LogP contribution in [-0.4, -0.2) is 47.0 Å². The number of hydrogen-bond donors (Lipinski definition) is 1. The molecule has 5 nitrogen and oxygen atoms in total. The summed E-state index contributed by atoms with van der Waals surface area (Å²) in [7, 11) is 0. The third kappa shape index (κ3) is 2.04. The minimum absolute atomic E-state index is 0.0146. The Morgan fingerprint density at radius 2 is 1.95 bits per heavy atom. The lowest BCUT2D eigenvalue weighted by Gasteiger charge is -2.45. The van der Waals surface area contributed by atoms with Crippen LogP contribution in [0.3, 0.4) is 0 Å². The van der Waals surface area contributed by atoms with Gasteiger partial charge in [-0.1, -0.05) is 0 Å². The van der Waals surface area contributed by atoms with E-state index in [0.29, 0.717) is 12.5 Å². The number of rotatable bonds is 2. The zero-order chi connectivity index (χ0) is 13.8. The number of carbonyl (C=O) groups excluding carboxylic acids is 2. The average molecular weight is 266 g/mol. The van der Waals surface area contributed by atoms with Crippen LogP contribution in [0.1, 0.15) is 40.0 Å². The predicted molar refractivity (Wildman–Crippen MR) is 69.4 cm³/mol. The molecule has 3 rings (SSSR count). The van der Waals surface area contributed by atoms with E-state index in [9.17, 15) is 9.59 Å². The number of piperazine rings is 1. The molecule has 0 radical (unpaired) electrons. The first-order chi connectivity index (χ1) is 8.92. The Morgan fingerprint density at radius 3 is 2.58 bits per heavy atom. The van der Waals surface area contributed by atoms with E-state index in [0.717, 1.165) is 6.42 Å². The molecule has 0 aromatic heterocycles. The molecule has 2 heterocycles. The Kier molecular flexibility index (Phi) is 2.85. The fourth-order valence-electron chi connectivity index (χ4n) is 3.30. The summed E-state index contributed by atoms with van der Waals surface area (Å²) in [5, 5.41) is 2.80. The van der Waals surface area contributed by atoms with Crippen molar-refractivity contribution in [2.24, 2.45) is 5.92 Å². The quantitative estimate of drug-likeness (QED) is 0.799. The Morgan fingerprint density at radius 1 is 1.26 bits per heavy atom. The van der Waals surface area contributed by atoms with Crippen molar-refractivity contribution in [2.75, 3.05) is 6.61 Å². The van der Waals surface area contributed by atoms with Crippen LogP contribution in [0.5, 0.6) is 0 Å². The normalized spacial score (nSPS) is 38.5. The summed E-state index contributed by atoms with van der Waals surface area (Å²) in [6.07, 6.45) is 3.36. The number of amides is 2. The smallest absolute Gasteiger partial charge is 0.248 e. The molecule has 1 aliphatic carbocycles. The number of nitrogens with zero attached hydrogens (tertiary/aromatic N) is 1. The Hall–Kier alpha value is -1.10. The Balaban J connectivity index is 1.87. The van der Waals surface area contributed by atoms with E-state index >= 15 is 0 Å². The molecule has 2 aliphatic heterocycles. The second-order valence-electron chi connectivity index (χ2n) is 6.53. The van der Waals surface area contributed by atoms with Gasteiger partial charge >= 0.3 is 0 Å². The summed E-state index contributed by atoms with van der Waals surface area (Å²) in [6, 6.07) is -0.325. The molecule has 0 bridgehead atoms. The zero-order valence-corrected chi connectivity index (χ0v) is 11.8. The third-order valence-electron chi connectivity index (χ3n) is 4.55. The molecule has 2 saturated heterocycles. The molecule has 1 N–H and O–H groups in total. The van der Waals surface area contributed by atoms with E-state index in [4.69, 9.17) is 4.74 Å². The SMILES string of the molecule is CC1C(=O)NC(C)(C)C(=O)N1C1CCOC1C1CC1. The van der Waals surface area contributed by atoms with Gasteiger partial charge in [0.25, 0.3) is 0 Å². The van der Waals surface area contributed by atoms with Gasteiger partial charge in [0.15, 0.2) is 0 Å². The standard InChI is InChI=1S/C14H22N2O3/c1-8-12(17)15-14(2,3)13(18)16(8)10-6-7-19-11(10)9-4-5-9/h8-11H,4-7H2,1-3H3,(H,15,17). The van der Waals surface area contributed by atoms with E-state index in [1.54, 1.807) is 18.7 Å². The van der Waals surface area contributed by atoms with Gasteiger partial charge in [-0.25, -0.2) is 0 Å². The molecule has 5 heteroatoms. The van der Waals surface area contributed by atoms with E-state index in [1.807, 2.05) is 6.92 Å². The van der Waals surface area contributed by atoms with Crippen molar-refractivity contribution in [3.8, 4) is 0 Å². The van der Waals surface area contributed by atoms with Crippen molar-refractivity contribution >= 4 is 11.8 Å². The molecule has 0 aromatic rings. The van der Waals surface area contributed by atoms with Crippen LogP contribution in [0.4, 0.5) is 0 Å². The van der Waals surface area contributed by atoms with Crippen molar-refractivity contribution in [1.82, 2.24) is 10.2 Å². The summed E-state index contributed by atoms with van der Waals surface area (Å²) in [6.45, 7) is 6.05. The molecule has 106 valence electrons. The molecule has 19 heavy (non-hydrogen) atoms. The number of nitrogens with one attached hydrogen (secondary N) is 1. The highest BCUT2D eigenvalue weighted by molar-refractivity contribution is 5.99. The minimum Gasteiger partial charge on any atom is -0.376 e. The first-order valence-corrected chi connectivity index (χ1v) is 7.18. The van der Waals surface area contributed by atoms with Gasteiger partial charge in [-0.15, -0.1) is 0 Å². The lowest BCUT2D eigenvalue weighted by atomic mass is 9.93. The van der Waals surface area contributed by atoms with Crippen LogP contribution in [0, 0.1) is 5.92 Å². The van der Waals surface area contributed by atoms with E-state index in [1.165, 1.54) is 12.8 Å². The summed E-state index contributed by atoms with van der Waals surface area (Å²) in [5.41, 5.74) is -0.805. The monoisotopic (exact) mass is 266 g/mol. The largest absolute Gasteiger partial charge is 0.376 e. The van der Waals surface area contributed by atoms with Crippen molar-refractivity contribution in [2.45, 2.75) is 63.8 Å². The van der Waals surface area contributed by atoms with Gasteiger partial charge in [0.2, 0.25) is 11.8 Å². The van der Waals surface area contributed by atoms with E-state index < -0.39 is 11.6 Å². The fraction of sp³-hybridized carbons (Fsp3) is 0.857. The second-order valence-corrected chi connectivity index (χ2v) is 6.53. The van der Waals surface area contributed by atoms with Gasteiger partial charge in [-0.3, -0.25) is 9.59 Å². The van der Waals surface area contributed by atoms with Gasteiger partial charge in [0.1, 0.15) is 11.6 Å². The molecular formula is C14H22N2O3. The Bertz CT molecular complexity index is 417. The highest BCUT2D eigenvalue weighted by Crippen LogP contribution is 2.41. The maximum atomic E-state index is 12.6. The van der Waals surface area contributed by atoms with Crippen LogP contribution in [0.25, 0.3) is 0 Å². The lowest BCUT2D eigenvalue weighted by Crippen LogP contribution is -2.70. The average Bonchev–Trinajstić information content (AvgIpc) is 3.07. The predicted octanol–water partition coefficient (Wildman–Crippen LogP) is 0.679. The summed E-state index contributed by atoms with van der Waals surface area (Å²) in [5.74, 6) is 0.535. The molecular weight excluding hydrogens is 244 g/mol. The topological polar surface area (TPSA) is 58.6 Å². The third-order valence-corrected chi connectivity index (χ3v) is 4.55. The Labute approximate surface area is 113 Å². The van der Waals surface area contributed by atoms with Crippen molar-refractivity contribution in [3.05, 3.63) is 0 Å². The van der Waals surface area contributed by atoms with Gasteiger partial charge in [-0.2, -0.15) is 0 Å². The van der Waals surface area contributed by atoms with Crippen LogP contribution in [-0.2, 0) is 14.3 Å². The summed E-state index contributed by atoms with van der Waals surface area (Å²) >= 11 is 0. The van der Waals surface area contributed by atoms with Crippen LogP contribution in [0.15, 0.2) is 0 Å². The number of hydrogen-bond acceptors (Lipinski definition) is 3.